The lowest BCUT2D eigenvalue weighted by Gasteiger charge is -2.31. The molecule has 14 heteroatoms. The number of likely N-dealkylation sites (tertiary alicyclic amines) is 1. The molecule has 1 aromatic heterocycles. The second-order valence-corrected chi connectivity index (χ2v) is 9.88. The molecular formula is C24H29F6N6O2+. The van der Waals surface area contributed by atoms with Crippen LogP contribution in [-0.4, -0.2) is 69.9 Å². The lowest BCUT2D eigenvalue weighted by molar-refractivity contribution is -0.418. The minimum Gasteiger partial charge on any atom is -0.354 e. The third kappa shape index (κ3) is 6.12. The summed E-state index contributed by atoms with van der Waals surface area (Å²) in [4.78, 5) is 32.9. The van der Waals surface area contributed by atoms with E-state index in [-0.39, 0.29) is 55.5 Å². The third-order valence-corrected chi connectivity index (χ3v) is 6.94. The molecule has 0 radical (unpaired) electrons. The van der Waals surface area contributed by atoms with Crippen molar-refractivity contribution in [3.05, 3.63) is 52.4 Å². The molecule has 208 valence electrons. The summed E-state index contributed by atoms with van der Waals surface area (Å²) in [5, 5.41) is 2.77. The van der Waals surface area contributed by atoms with Gasteiger partial charge in [-0.25, -0.2) is 18.2 Å². The SMILES string of the molecule is CN1CCC(NC(=O)c2nc(C(F)(F)F)n3c2CN(C(=O)C[C@H]([NH3+])Cc2cc(F)c(F)cc2F)CC3)CC1. The largest absolute Gasteiger partial charge is 0.449 e. The fraction of sp³-hybridized carbons (Fsp3) is 0.542. The first-order valence-electron chi connectivity index (χ1n) is 12.2. The molecule has 4 rings (SSSR count). The van der Waals surface area contributed by atoms with Crippen LogP contribution in [0.1, 0.15) is 46.8 Å². The van der Waals surface area contributed by atoms with Gasteiger partial charge in [0.25, 0.3) is 5.91 Å². The van der Waals surface area contributed by atoms with E-state index in [1.165, 1.54) is 4.90 Å². The van der Waals surface area contributed by atoms with E-state index < -0.39 is 47.3 Å². The number of halogens is 6. The average molecular weight is 548 g/mol. The Bertz CT molecular complexity index is 1210. The molecule has 2 aliphatic heterocycles. The van der Waals surface area contributed by atoms with Gasteiger partial charge in [-0.2, -0.15) is 13.2 Å². The van der Waals surface area contributed by atoms with E-state index in [1.807, 2.05) is 7.05 Å². The van der Waals surface area contributed by atoms with E-state index in [1.54, 1.807) is 0 Å². The molecule has 38 heavy (non-hydrogen) atoms. The number of amides is 2. The Morgan fingerprint density at radius 2 is 1.74 bits per heavy atom. The van der Waals surface area contributed by atoms with Crippen molar-refractivity contribution in [3.8, 4) is 0 Å². The number of imidazole rings is 1. The minimum absolute atomic E-state index is 0.0189. The van der Waals surface area contributed by atoms with Crippen LogP contribution in [0, 0.1) is 17.5 Å². The molecule has 3 heterocycles. The quantitative estimate of drug-likeness (QED) is 0.425. The van der Waals surface area contributed by atoms with E-state index in [0.29, 0.717) is 25.0 Å². The van der Waals surface area contributed by atoms with Gasteiger partial charge in [-0.1, -0.05) is 0 Å². The summed E-state index contributed by atoms with van der Waals surface area (Å²) in [6.07, 6.45) is -3.85. The molecule has 1 fully saturated rings. The molecule has 4 N–H and O–H groups in total. The number of benzene rings is 1. The van der Waals surface area contributed by atoms with Gasteiger partial charge in [-0.05, 0) is 44.6 Å². The highest BCUT2D eigenvalue weighted by molar-refractivity contribution is 5.94. The number of nitrogens with one attached hydrogen (secondary N) is 1. The maximum absolute atomic E-state index is 14.0. The fourth-order valence-corrected chi connectivity index (χ4v) is 4.87. The Morgan fingerprint density at radius 1 is 1.08 bits per heavy atom. The zero-order valence-electron chi connectivity index (χ0n) is 20.8. The zero-order chi connectivity index (χ0) is 27.8. The van der Waals surface area contributed by atoms with Gasteiger partial charge in [0.15, 0.2) is 17.3 Å². The third-order valence-electron chi connectivity index (χ3n) is 6.94. The van der Waals surface area contributed by atoms with Crippen LogP contribution >= 0.6 is 0 Å². The fourth-order valence-electron chi connectivity index (χ4n) is 4.87. The number of alkyl halides is 3. The summed E-state index contributed by atoms with van der Waals surface area (Å²) in [6.45, 7) is 0.925. The van der Waals surface area contributed by atoms with Crippen LogP contribution in [0.2, 0.25) is 0 Å². The number of piperidine rings is 1. The summed E-state index contributed by atoms with van der Waals surface area (Å²) in [5.74, 6) is -5.92. The molecular weight excluding hydrogens is 518 g/mol. The second-order valence-electron chi connectivity index (χ2n) is 9.88. The molecule has 8 nitrogen and oxygen atoms in total. The Hall–Kier alpha value is -3.13. The maximum Gasteiger partial charge on any atom is 0.449 e. The van der Waals surface area contributed by atoms with Crippen molar-refractivity contribution < 1.29 is 41.7 Å². The van der Waals surface area contributed by atoms with Crippen molar-refractivity contribution in [1.29, 1.82) is 0 Å². The number of fused-ring (bicyclic) bond motifs is 1. The first kappa shape index (κ1) is 27.9. The van der Waals surface area contributed by atoms with E-state index in [2.05, 4.69) is 20.9 Å². The summed E-state index contributed by atoms with van der Waals surface area (Å²) in [6, 6.07) is 0.212. The van der Waals surface area contributed by atoms with Gasteiger partial charge in [0.1, 0.15) is 5.82 Å². The molecule has 0 spiro atoms. The summed E-state index contributed by atoms with van der Waals surface area (Å²) >= 11 is 0. The molecule has 1 atom stereocenters. The van der Waals surface area contributed by atoms with Crippen LogP contribution in [-0.2, 0) is 30.5 Å². The number of carbonyl (C=O) groups is 2. The van der Waals surface area contributed by atoms with Crippen LogP contribution in [0.3, 0.4) is 0 Å². The highest BCUT2D eigenvalue weighted by Crippen LogP contribution is 2.32. The standard InChI is InChI=1S/C24H28F6N6O2/c1-34-4-2-15(3-5-34)32-22(38)21-19-12-35(6-7-36(19)23(33-21)24(28,29)30)20(37)10-14(31)8-13-9-17(26)18(27)11-16(13)25/h9,11,14-15H,2-8,10,12,31H2,1H3,(H,32,38)/p+1/t14-/m1/s1. The van der Waals surface area contributed by atoms with Gasteiger partial charge < -0.3 is 25.4 Å². The number of rotatable bonds is 6. The van der Waals surface area contributed by atoms with Gasteiger partial charge in [-0.3, -0.25) is 9.59 Å². The van der Waals surface area contributed by atoms with Gasteiger partial charge in [0.05, 0.1) is 24.7 Å². The molecule has 0 bridgehead atoms. The van der Waals surface area contributed by atoms with Crippen molar-refractivity contribution in [3.63, 3.8) is 0 Å². The molecule has 2 aromatic rings. The Kier molecular flexibility index (Phi) is 8.02. The van der Waals surface area contributed by atoms with E-state index in [0.717, 1.165) is 17.7 Å². The maximum atomic E-state index is 14.0. The van der Waals surface area contributed by atoms with Gasteiger partial charge >= 0.3 is 6.18 Å². The van der Waals surface area contributed by atoms with Crippen molar-refractivity contribution in [1.82, 2.24) is 24.7 Å². The Morgan fingerprint density at radius 3 is 2.39 bits per heavy atom. The molecule has 1 aromatic carbocycles. The number of hydrogen-bond donors (Lipinski definition) is 2. The molecule has 2 aliphatic rings. The predicted octanol–water partition coefficient (Wildman–Crippen LogP) is 1.73. The lowest BCUT2D eigenvalue weighted by Crippen LogP contribution is -2.63. The number of carbonyl (C=O) groups excluding carboxylic acids is 2. The number of quaternary nitrogens is 1. The summed E-state index contributed by atoms with van der Waals surface area (Å²) in [7, 11) is 1.94. The van der Waals surface area contributed by atoms with Gasteiger partial charge in [0, 0.05) is 31.6 Å². The molecule has 2 amide bonds. The highest BCUT2D eigenvalue weighted by Gasteiger charge is 2.42. The smallest absolute Gasteiger partial charge is 0.354 e. The first-order valence-corrected chi connectivity index (χ1v) is 12.2. The second kappa shape index (κ2) is 10.9. The number of nitrogens with zero attached hydrogens (tertiary/aromatic N) is 4. The van der Waals surface area contributed by atoms with Crippen LogP contribution in [0.25, 0.3) is 0 Å². The number of hydrogen-bond acceptors (Lipinski definition) is 4. The van der Waals surface area contributed by atoms with Gasteiger partial charge in [-0.15, -0.1) is 0 Å². The molecule has 0 unspecified atom stereocenters. The summed E-state index contributed by atoms with van der Waals surface area (Å²) < 4.78 is 82.6. The summed E-state index contributed by atoms with van der Waals surface area (Å²) in [5.41, 5.74) is 3.26. The average Bonchev–Trinajstić information content (AvgIpc) is 3.23. The van der Waals surface area contributed by atoms with E-state index in [9.17, 15) is 35.9 Å². The number of aromatic nitrogens is 2. The minimum atomic E-state index is -4.79. The first-order chi connectivity index (χ1) is 17.8. The normalized spacial score (nSPS) is 17.8. The lowest BCUT2D eigenvalue weighted by atomic mass is 10.0. The molecule has 0 saturated carbocycles. The Balaban J connectivity index is 1.48. The monoisotopic (exact) mass is 547 g/mol. The molecule has 1 saturated heterocycles. The van der Waals surface area contributed by atoms with Crippen molar-refractivity contribution in [2.75, 3.05) is 26.7 Å². The van der Waals surface area contributed by atoms with Gasteiger partial charge in [0.2, 0.25) is 11.7 Å². The van der Waals surface area contributed by atoms with Crippen LogP contribution in [0.15, 0.2) is 12.1 Å². The highest BCUT2D eigenvalue weighted by atomic mass is 19.4. The van der Waals surface area contributed by atoms with Crippen LogP contribution in [0.5, 0.6) is 0 Å². The zero-order valence-corrected chi connectivity index (χ0v) is 20.8. The van der Waals surface area contributed by atoms with Crippen molar-refractivity contribution in [2.45, 2.75) is 57.0 Å². The van der Waals surface area contributed by atoms with E-state index >= 15 is 0 Å². The van der Waals surface area contributed by atoms with Crippen LogP contribution < -0.4 is 11.1 Å². The topological polar surface area (TPSA) is 98.1 Å². The van der Waals surface area contributed by atoms with Crippen molar-refractivity contribution >= 4 is 11.8 Å². The molecule has 0 aliphatic carbocycles. The predicted molar refractivity (Wildman–Crippen MR) is 122 cm³/mol. The Labute approximate surface area is 214 Å². The van der Waals surface area contributed by atoms with Crippen LogP contribution in [0.4, 0.5) is 26.3 Å². The van der Waals surface area contributed by atoms with E-state index in [4.69, 9.17) is 0 Å². The van der Waals surface area contributed by atoms with Crippen molar-refractivity contribution in [2.24, 2.45) is 0 Å².